The zero-order valence-corrected chi connectivity index (χ0v) is 9.34. The third-order valence-corrected chi connectivity index (χ3v) is 3.14. The number of carboxylic acids is 1. The van der Waals surface area contributed by atoms with Crippen LogP contribution < -0.4 is 0 Å². The minimum absolute atomic E-state index is 0.102. The lowest BCUT2D eigenvalue weighted by Crippen LogP contribution is -2.07. The maximum atomic E-state index is 11.4. The number of rotatable bonds is 3. The van der Waals surface area contributed by atoms with Crippen molar-refractivity contribution in [1.29, 1.82) is 0 Å². The standard InChI is InChI=1S/C10H12O4S/c1-7-3-4-8(6-10(11)12)9(5-7)15(2,13)14/h3-5H,6H2,1-2H3,(H,11,12). The van der Waals surface area contributed by atoms with Crippen molar-refractivity contribution in [2.24, 2.45) is 0 Å². The molecule has 5 heteroatoms. The van der Waals surface area contributed by atoms with Gasteiger partial charge in [-0.15, -0.1) is 0 Å². The van der Waals surface area contributed by atoms with Crippen molar-refractivity contribution in [3.63, 3.8) is 0 Å². The number of carboxylic acid groups (broad SMARTS) is 1. The van der Waals surface area contributed by atoms with Crippen molar-refractivity contribution < 1.29 is 18.3 Å². The average Bonchev–Trinajstić information content (AvgIpc) is 2.05. The van der Waals surface area contributed by atoms with Crippen LogP contribution in [0.3, 0.4) is 0 Å². The zero-order chi connectivity index (χ0) is 11.6. The number of aliphatic carboxylic acids is 1. The minimum atomic E-state index is -3.36. The largest absolute Gasteiger partial charge is 0.481 e. The lowest BCUT2D eigenvalue weighted by Gasteiger charge is -2.06. The summed E-state index contributed by atoms with van der Waals surface area (Å²) in [5.74, 6) is -1.04. The predicted molar refractivity (Wildman–Crippen MR) is 55.6 cm³/mol. The molecule has 15 heavy (non-hydrogen) atoms. The van der Waals surface area contributed by atoms with E-state index >= 15 is 0 Å². The van der Waals surface area contributed by atoms with Crippen LogP contribution in [0.2, 0.25) is 0 Å². The second-order valence-electron chi connectivity index (χ2n) is 3.45. The molecule has 0 aliphatic carbocycles. The molecular weight excluding hydrogens is 216 g/mol. The Balaban J connectivity index is 3.33. The van der Waals surface area contributed by atoms with Gasteiger partial charge in [-0.2, -0.15) is 0 Å². The van der Waals surface area contributed by atoms with Crippen molar-refractivity contribution in [2.45, 2.75) is 18.2 Å². The van der Waals surface area contributed by atoms with Crippen LogP contribution in [-0.4, -0.2) is 25.7 Å². The summed E-state index contributed by atoms with van der Waals surface area (Å²) >= 11 is 0. The quantitative estimate of drug-likeness (QED) is 0.838. The van der Waals surface area contributed by atoms with Gasteiger partial charge in [0.15, 0.2) is 9.84 Å². The second-order valence-corrected chi connectivity index (χ2v) is 5.44. The van der Waals surface area contributed by atoms with Gasteiger partial charge in [-0.1, -0.05) is 12.1 Å². The highest BCUT2D eigenvalue weighted by Crippen LogP contribution is 2.18. The van der Waals surface area contributed by atoms with Gasteiger partial charge in [0, 0.05) is 6.26 Å². The van der Waals surface area contributed by atoms with Crippen LogP contribution in [-0.2, 0) is 21.1 Å². The Morgan fingerprint density at radius 3 is 2.47 bits per heavy atom. The molecule has 0 bridgehead atoms. The van der Waals surface area contributed by atoms with Crippen LogP contribution in [0.25, 0.3) is 0 Å². The molecule has 0 saturated carbocycles. The van der Waals surface area contributed by atoms with E-state index in [0.717, 1.165) is 11.8 Å². The van der Waals surface area contributed by atoms with E-state index in [-0.39, 0.29) is 11.3 Å². The van der Waals surface area contributed by atoms with Gasteiger partial charge in [0.05, 0.1) is 11.3 Å². The Morgan fingerprint density at radius 1 is 1.40 bits per heavy atom. The molecule has 0 atom stereocenters. The highest BCUT2D eigenvalue weighted by molar-refractivity contribution is 7.90. The molecule has 0 saturated heterocycles. The van der Waals surface area contributed by atoms with Gasteiger partial charge < -0.3 is 5.11 Å². The Labute approximate surface area is 88.5 Å². The summed E-state index contributed by atoms with van der Waals surface area (Å²) in [6.07, 6.45) is 0.801. The molecule has 0 heterocycles. The van der Waals surface area contributed by atoms with E-state index < -0.39 is 15.8 Å². The fourth-order valence-electron chi connectivity index (χ4n) is 1.32. The maximum absolute atomic E-state index is 11.4. The average molecular weight is 228 g/mol. The lowest BCUT2D eigenvalue weighted by molar-refractivity contribution is -0.136. The number of carbonyl (C=O) groups is 1. The van der Waals surface area contributed by atoms with Gasteiger partial charge in [-0.3, -0.25) is 4.79 Å². The number of hydrogen-bond acceptors (Lipinski definition) is 3. The van der Waals surface area contributed by atoms with Gasteiger partial charge in [0.1, 0.15) is 0 Å². The first-order valence-corrected chi connectivity index (χ1v) is 6.21. The van der Waals surface area contributed by atoms with Crippen LogP contribution in [0.1, 0.15) is 11.1 Å². The summed E-state index contributed by atoms with van der Waals surface area (Å²) < 4.78 is 22.8. The van der Waals surface area contributed by atoms with Crippen molar-refractivity contribution in [3.05, 3.63) is 29.3 Å². The smallest absolute Gasteiger partial charge is 0.307 e. The first-order valence-electron chi connectivity index (χ1n) is 4.32. The van der Waals surface area contributed by atoms with Crippen LogP contribution in [0.4, 0.5) is 0 Å². The van der Waals surface area contributed by atoms with Crippen molar-refractivity contribution in [1.82, 2.24) is 0 Å². The summed E-state index contributed by atoms with van der Waals surface area (Å²) in [6.45, 7) is 1.76. The van der Waals surface area contributed by atoms with E-state index in [9.17, 15) is 13.2 Å². The molecule has 0 spiro atoms. The molecule has 0 aromatic heterocycles. The van der Waals surface area contributed by atoms with Gasteiger partial charge >= 0.3 is 5.97 Å². The monoisotopic (exact) mass is 228 g/mol. The first kappa shape index (κ1) is 11.7. The zero-order valence-electron chi connectivity index (χ0n) is 8.52. The van der Waals surface area contributed by atoms with E-state index in [4.69, 9.17) is 5.11 Å². The Kier molecular flexibility index (Phi) is 3.14. The molecule has 0 fully saturated rings. The predicted octanol–water partition coefficient (Wildman–Crippen LogP) is 1.03. The summed E-state index contributed by atoms with van der Waals surface area (Å²) in [5.41, 5.74) is 1.13. The molecular formula is C10H12O4S. The van der Waals surface area contributed by atoms with E-state index in [1.165, 1.54) is 6.07 Å². The van der Waals surface area contributed by atoms with E-state index in [1.807, 2.05) is 0 Å². The third-order valence-electron chi connectivity index (χ3n) is 1.96. The Bertz CT molecular complexity index is 488. The minimum Gasteiger partial charge on any atom is -0.481 e. The van der Waals surface area contributed by atoms with E-state index in [2.05, 4.69) is 0 Å². The fraction of sp³-hybridized carbons (Fsp3) is 0.300. The SMILES string of the molecule is Cc1ccc(CC(=O)O)c(S(C)(=O)=O)c1. The maximum Gasteiger partial charge on any atom is 0.307 e. The normalized spacial score (nSPS) is 11.3. The van der Waals surface area contributed by atoms with Crippen molar-refractivity contribution in [2.75, 3.05) is 6.26 Å². The summed E-state index contributed by atoms with van der Waals surface area (Å²) in [5, 5.41) is 8.63. The second kappa shape index (κ2) is 4.02. The Hall–Kier alpha value is -1.36. The third kappa shape index (κ3) is 3.06. The molecule has 0 aliphatic rings. The first-order chi connectivity index (χ1) is 6.80. The summed E-state index contributed by atoms with van der Waals surface area (Å²) in [4.78, 5) is 10.6. The molecule has 1 aromatic rings. The van der Waals surface area contributed by atoms with Crippen LogP contribution >= 0.6 is 0 Å². The fourth-order valence-corrected chi connectivity index (χ4v) is 2.33. The van der Waals surface area contributed by atoms with Crippen LogP contribution in [0, 0.1) is 6.92 Å². The molecule has 1 aromatic carbocycles. The van der Waals surface area contributed by atoms with E-state index in [0.29, 0.717) is 5.56 Å². The molecule has 82 valence electrons. The van der Waals surface area contributed by atoms with Gasteiger partial charge in [0.2, 0.25) is 0 Å². The van der Waals surface area contributed by atoms with Crippen molar-refractivity contribution in [3.8, 4) is 0 Å². The van der Waals surface area contributed by atoms with Gasteiger partial charge in [-0.25, -0.2) is 8.42 Å². The lowest BCUT2D eigenvalue weighted by atomic mass is 10.1. The van der Waals surface area contributed by atoms with E-state index in [1.54, 1.807) is 19.1 Å². The highest BCUT2D eigenvalue weighted by Gasteiger charge is 2.15. The number of aryl methyl sites for hydroxylation is 1. The topological polar surface area (TPSA) is 71.4 Å². The van der Waals surface area contributed by atoms with Gasteiger partial charge in [0.25, 0.3) is 0 Å². The molecule has 0 unspecified atom stereocenters. The number of benzene rings is 1. The summed E-state index contributed by atoms with van der Waals surface area (Å²) in [6, 6.07) is 4.74. The number of sulfone groups is 1. The highest BCUT2D eigenvalue weighted by atomic mass is 32.2. The summed E-state index contributed by atoms with van der Waals surface area (Å²) in [7, 11) is -3.36. The van der Waals surface area contributed by atoms with Gasteiger partial charge in [-0.05, 0) is 24.1 Å². The van der Waals surface area contributed by atoms with Crippen LogP contribution in [0.15, 0.2) is 23.1 Å². The molecule has 1 N–H and O–H groups in total. The Morgan fingerprint density at radius 2 is 2.00 bits per heavy atom. The number of hydrogen-bond donors (Lipinski definition) is 1. The molecule has 0 radical (unpaired) electrons. The molecule has 0 aliphatic heterocycles. The molecule has 1 rings (SSSR count). The van der Waals surface area contributed by atoms with Crippen molar-refractivity contribution >= 4 is 15.8 Å². The van der Waals surface area contributed by atoms with Crippen LogP contribution in [0.5, 0.6) is 0 Å². The molecule has 4 nitrogen and oxygen atoms in total. The molecule has 0 amide bonds.